The zero-order valence-corrected chi connectivity index (χ0v) is 20.2. The summed E-state index contributed by atoms with van der Waals surface area (Å²) in [7, 11) is 4.31. The van der Waals surface area contributed by atoms with E-state index in [0.717, 1.165) is 42.0 Å². The van der Waals surface area contributed by atoms with Crippen molar-refractivity contribution in [3.8, 4) is 0 Å². The molecule has 0 unspecified atom stereocenters. The van der Waals surface area contributed by atoms with Crippen molar-refractivity contribution in [2.45, 2.75) is 24.9 Å². The predicted octanol–water partition coefficient (Wildman–Crippen LogP) is 4.72. The first kappa shape index (κ1) is 21.9. The SMILES string of the molecule is CN(C)[C@@H]1CCN(c2cccc(Nc3nc(N4OCC[C@H]4c4ccccc4)c4cc[nH]c4n3)c2)C1. The van der Waals surface area contributed by atoms with Crippen LogP contribution in [0.4, 0.5) is 23.1 Å². The Morgan fingerprint density at radius 3 is 2.74 bits per heavy atom. The fourth-order valence-corrected chi connectivity index (χ4v) is 5.11. The summed E-state index contributed by atoms with van der Waals surface area (Å²) in [4.78, 5) is 23.8. The van der Waals surface area contributed by atoms with Crippen LogP contribution < -0.4 is 15.3 Å². The molecular weight excluding hydrogens is 438 g/mol. The molecule has 8 nitrogen and oxygen atoms in total. The number of aromatic nitrogens is 3. The number of nitrogens with zero attached hydrogens (tertiary/aromatic N) is 5. The van der Waals surface area contributed by atoms with E-state index in [-0.39, 0.29) is 6.04 Å². The third kappa shape index (κ3) is 4.31. The van der Waals surface area contributed by atoms with Gasteiger partial charge >= 0.3 is 0 Å². The second-order valence-electron chi connectivity index (χ2n) is 9.51. The number of H-pyrrole nitrogens is 1. The molecule has 0 bridgehead atoms. The van der Waals surface area contributed by atoms with Crippen LogP contribution in [-0.2, 0) is 4.84 Å². The Morgan fingerprint density at radius 2 is 1.91 bits per heavy atom. The smallest absolute Gasteiger partial charge is 0.231 e. The summed E-state index contributed by atoms with van der Waals surface area (Å²) in [6.07, 6.45) is 3.99. The summed E-state index contributed by atoms with van der Waals surface area (Å²) in [5.74, 6) is 1.32. The highest BCUT2D eigenvalue weighted by atomic mass is 16.7. The van der Waals surface area contributed by atoms with Gasteiger partial charge in [0.2, 0.25) is 5.95 Å². The van der Waals surface area contributed by atoms with Crippen LogP contribution >= 0.6 is 0 Å². The molecule has 0 amide bonds. The maximum Gasteiger partial charge on any atom is 0.231 e. The van der Waals surface area contributed by atoms with Gasteiger partial charge in [0.1, 0.15) is 5.65 Å². The van der Waals surface area contributed by atoms with Crippen molar-refractivity contribution in [3.63, 3.8) is 0 Å². The van der Waals surface area contributed by atoms with Gasteiger partial charge in [-0.2, -0.15) is 9.97 Å². The highest BCUT2D eigenvalue weighted by Crippen LogP contribution is 2.37. The predicted molar refractivity (Wildman–Crippen MR) is 140 cm³/mol. The fourth-order valence-electron chi connectivity index (χ4n) is 5.11. The molecule has 0 saturated carbocycles. The Morgan fingerprint density at radius 1 is 1.03 bits per heavy atom. The number of rotatable bonds is 6. The molecular formula is C27H31N7O. The Bertz CT molecular complexity index is 1310. The molecule has 2 saturated heterocycles. The number of fused-ring (bicyclic) bond motifs is 1. The van der Waals surface area contributed by atoms with Crippen LogP contribution in [0.25, 0.3) is 11.0 Å². The van der Waals surface area contributed by atoms with Crippen LogP contribution in [0.5, 0.6) is 0 Å². The molecule has 2 atom stereocenters. The molecule has 35 heavy (non-hydrogen) atoms. The summed E-state index contributed by atoms with van der Waals surface area (Å²) in [5, 5.41) is 6.33. The third-order valence-corrected chi connectivity index (χ3v) is 7.05. The maximum atomic E-state index is 6.10. The standard InChI is InChI=1S/C27H31N7O/c1-32(2)22-12-15-33(18-22)21-10-6-9-20(17-21)29-27-30-25-23(11-14-28-25)26(31-27)34-24(13-16-35-34)19-7-4-3-5-8-19/h3-11,14,17,22,24H,12-13,15-16,18H2,1-2H3,(H2,28,29,30,31)/t22-,24+/m1/s1. The van der Waals surface area contributed by atoms with Crippen LogP contribution in [0, 0.1) is 0 Å². The van der Waals surface area contributed by atoms with Crippen molar-refractivity contribution < 1.29 is 4.84 Å². The molecule has 2 aliphatic rings. The molecule has 4 heterocycles. The minimum Gasteiger partial charge on any atom is -0.370 e. The van der Waals surface area contributed by atoms with E-state index in [1.807, 2.05) is 23.4 Å². The molecule has 180 valence electrons. The molecule has 2 fully saturated rings. The molecule has 4 aromatic rings. The fraction of sp³-hybridized carbons (Fsp3) is 0.333. The lowest BCUT2D eigenvalue weighted by Gasteiger charge is -2.25. The lowest BCUT2D eigenvalue weighted by atomic mass is 10.0. The van der Waals surface area contributed by atoms with Crippen LogP contribution in [0.3, 0.4) is 0 Å². The van der Waals surface area contributed by atoms with Gasteiger partial charge in [-0.25, -0.2) is 5.06 Å². The Labute approximate surface area is 205 Å². The number of hydroxylamine groups is 1. The Hall–Kier alpha value is -3.62. The van der Waals surface area contributed by atoms with Gasteiger partial charge < -0.3 is 20.1 Å². The minimum absolute atomic E-state index is 0.111. The molecule has 2 aliphatic heterocycles. The van der Waals surface area contributed by atoms with E-state index in [0.29, 0.717) is 18.6 Å². The van der Waals surface area contributed by atoms with Crippen LogP contribution in [0.1, 0.15) is 24.4 Å². The third-order valence-electron chi connectivity index (χ3n) is 7.05. The van der Waals surface area contributed by atoms with Crippen molar-refractivity contribution in [2.24, 2.45) is 0 Å². The molecule has 0 spiro atoms. The molecule has 2 aromatic heterocycles. The summed E-state index contributed by atoms with van der Waals surface area (Å²) >= 11 is 0. The number of nitrogens with one attached hydrogen (secondary N) is 2. The van der Waals surface area contributed by atoms with Gasteiger partial charge in [0, 0.05) is 43.1 Å². The van der Waals surface area contributed by atoms with Crippen molar-refractivity contribution in [1.29, 1.82) is 0 Å². The van der Waals surface area contributed by atoms with E-state index in [9.17, 15) is 0 Å². The second-order valence-corrected chi connectivity index (χ2v) is 9.51. The first-order valence-electron chi connectivity index (χ1n) is 12.3. The van der Waals surface area contributed by atoms with E-state index in [2.05, 4.69) is 82.7 Å². The molecule has 0 aliphatic carbocycles. The normalized spacial score (nSPS) is 20.3. The summed E-state index contributed by atoms with van der Waals surface area (Å²) in [6, 6.07) is 21.7. The zero-order chi connectivity index (χ0) is 23.8. The van der Waals surface area contributed by atoms with Gasteiger partial charge in [0.05, 0.1) is 18.0 Å². The first-order valence-corrected chi connectivity index (χ1v) is 12.3. The van der Waals surface area contributed by atoms with Crippen molar-refractivity contribution in [1.82, 2.24) is 19.9 Å². The Balaban J connectivity index is 1.29. The minimum atomic E-state index is 0.111. The number of aromatic amines is 1. The van der Waals surface area contributed by atoms with Gasteiger partial charge in [-0.1, -0.05) is 36.4 Å². The van der Waals surface area contributed by atoms with E-state index in [1.54, 1.807) is 0 Å². The van der Waals surface area contributed by atoms with Gasteiger partial charge in [-0.3, -0.25) is 4.84 Å². The van der Waals surface area contributed by atoms with Gasteiger partial charge in [-0.05, 0) is 50.3 Å². The average Bonchev–Trinajstić information content (AvgIpc) is 3.65. The number of hydrogen-bond acceptors (Lipinski definition) is 7. The summed E-state index contributed by atoms with van der Waals surface area (Å²) < 4.78 is 0. The van der Waals surface area contributed by atoms with Gasteiger partial charge in [0.25, 0.3) is 0 Å². The zero-order valence-electron chi connectivity index (χ0n) is 20.2. The largest absolute Gasteiger partial charge is 0.370 e. The van der Waals surface area contributed by atoms with E-state index in [1.165, 1.54) is 17.7 Å². The highest BCUT2D eigenvalue weighted by Gasteiger charge is 2.31. The highest BCUT2D eigenvalue weighted by molar-refractivity contribution is 5.88. The quantitative estimate of drug-likeness (QED) is 0.423. The van der Waals surface area contributed by atoms with Gasteiger partial charge in [-0.15, -0.1) is 0 Å². The lowest BCUT2D eigenvalue weighted by molar-refractivity contribution is 0.157. The lowest BCUT2D eigenvalue weighted by Crippen LogP contribution is -2.31. The van der Waals surface area contributed by atoms with E-state index >= 15 is 0 Å². The summed E-state index contributed by atoms with van der Waals surface area (Å²) in [5.41, 5.74) is 4.18. The van der Waals surface area contributed by atoms with Crippen molar-refractivity contribution >= 4 is 34.2 Å². The molecule has 8 heteroatoms. The van der Waals surface area contributed by atoms with Gasteiger partial charge in [0.15, 0.2) is 5.82 Å². The Kier molecular flexibility index (Phi) is 5.75. The summed E-state index contributed by atoms with van der Waals surface area (Å²) in [6.45, 7) is 2.76. The number of benzene rings is 2. The molecule has 0 radical (unpaired) electrons. The van der Waals surface area contributed by atoms with E-state index < -0.39 is 0 Å². The molecule has 6 rings (SSSR count). The second kappa shape index (κ2) is 9.20. The number of hydrogen-bond donors (Lipinski definition) is 2. The van der Waals surface area contributed by atoms with Crippen LogP contribution in [-0.4, -0.2) is 59.7 Å². The van der Waals surface area contributed by atoms with Crippen LogP contribution in [0.2, 0.25) is 0 Å². The number of likely N-dealkylation sites (N-methyl/N-ethyl adjacent to an activating group) is 1. The van der Waals surface area contributed by atoms with Crippen LogP contribution in [0.15, 0.2) is 66.9 Å². The average molecular weight is 470 g/mol. The topological polar surface area (TPSA) is 72.6 Å². The molecule has 2 N–H and O–H groups in total. The molecule has 2 aromatic carbocycles. The number of anilines is 4. The van der Waals surface area contributed by atoms with E-state index in [4.69, 9.17) is 14.8 Å². The first-order chi connectivity index (χ1) is 17.2. The maximum absolute atomic E-state index is 6.10. The monoisotopic (exact) mass is 469 g/mol. The van der Waals surface area contributed by atoms with Crippen molar-refractivity contribution in [3.05, 3.63) is 72.4 Å². The van der Waals surface area contributed by atoms with Crippen molar-refractivity contribution in [2.75, 3.05) is 49.1 Å².